The van der Waals surface area contributed by atoms with Crippen LogP contribution in [0.2, 0.25) is 0 Å². The molecule has 0 unspecified atom stereocenters. The van der Waals surface area contributed by atoms with Gasteiger partial charge in [-0.1, -0.05) is 48.5 Å². The van der Waals surface area contributed by atoms with Crippen molar-refractivity contribution < 1.29 is 19.1 Å². The van der Waals surface area contributed by atoms with Crippen molar-refractivity contribution in [1.29, 1.82) is 0 Å². The molecule has 5 nitrogen and oxygen atoms in total. The van der Waals surface area contributed by atoms with Gasteiger partial charge in [0.15, 0.2) is 5.78 Å². The van der Waals surface area contributed by atoms with Gasteiger partial charge in [-0.25, -0.2) is 4.79 Å². The Balaban J connectivity index is 1.47. The highest BCUT2D eigenvalue weighted by atomic mass is 16.6. The number of anilines is 1. The lowest BCUT2D eigenvalue weighted by molar-refractivity contribution is 0.104. The number of carbonyl (C=O) groups excluding carboxylic acids is 2. The Morgan fingerprint density at radius 1 is 0.931 bits per heavy atom. The van der Waals surface area contributed by atoms with E-state index in [1.54, 1.807) is 30.3 Å². The largest absolute Gasteiger partial charge is 0.457 e. The summed E-state index contributed by atoms with van der Waals surface area (Å²) in [6, 6.07) is 24.0. The number of benzene rings is 3. The molecular weight excluding hydrogens is 366 g/mol. The van der Waals surface area contributed by atoms with Crippen LogP contribution >= 0.6 is 0 Å². The fraction of sp³-hybridized carbons (Fsp3) is 0.0833. The average Bonchev–Trinajstić information content (AvgIpc) is 3.19. The molecule has 0 bridgehead atoms. The molecule has 0 aromatic heterocycles. The Hall–Kier alpha value is -3.86. The Bertz CT molecular complexity index is 1060. The summed E-state index contributed by atoms with van der Waals surface area (Å²) >= 11 is 0. The van der Waals surface area contributed by atoms with E-state index in [0.29, 0.717) is 30.2 Å². The standard InChI is InChI=1S/C24H19NO4/c26-23(19-7-5-8-20(17-19)25-14-15-28-24(25)27)13-12-18-6-4-11-22(16-18)29-21-9-2-1-3-10-21/h1-13,16-17H,14-15H2. The minimum absolute atomic E-state index is 0.145. The van der Waals surface area contributed by atoms with Gasteiger partial charge in [-0.3, -0.25) is 9.69 Å². The maximum Gasteiger partial charge on any atom is 0.414 e. The first-order valence-electron chi connectivity index (χ1n) is 9.29. The van der Waals surface area contributed by atoms with E-state index >= 15 is 0 Å². The number of rotatable bonds is 6. The van der Waals surface area contributed by atoms with Crippen molar-refractivity contribution in [3.8, 4) is 11.5 Å². The molecular formula is C24H19NO4. The molecule has 1 aliphatic rings. The molecule has 0 atom stereocenters. The lowest BCUT2D eigenvalue weighted by Gasteiger charge is -2.13. The number of nitrogens with zero attached hydrogens (tertiary/aromatic N) is 1. The number of amides is 1. The van der Waals surface area contributed by atoms with Gasteiger partial charge in [0.05, 0.1) is 6.54 Å². The summed E-state index contributed by atoms with van der Waals surface area (Å²) in [4.78, 5) is 25.8. The summed E-state index contributed by atoms with van der Waals surface area (Å²) in [5.41, 5.74) is 2.02. The van der Waals surface area contributed by atoms with Crippen molar-refractivity contribution in [2.24, 2.45) is 0 Å². The summed E-state index contributed by atoms with van der Waals surface area (Å²) in [5, 5.41) is 0. The number of carbonyl (C=O) groups is 2. The Labute approximate surface area is 168 Å². The number of allylic oxidation sites excluding steroid dienone is 1. The first-order chi connectivity index (χ1) is 14.2. The topological polar surface area (TPSA) is 55.8 Å². The summed E-state index contributed by atoms with van der Waals surface area (Å²) in [6.45, 7) is 0.846. The highest BCUT2D eigenvalue weighted by molar-refractivity contribution is 6.07. The molecule has 144 valence electrons. The third-order valence-corrected chi connectivity index (χ3v) is 4.47. The molecule has 1 aliphatic heterocycles. The number of hydrogen-bond donors (Lipinski definition) is 0. The molecule has 0 radical (unpaired) electrons. The first kappa shape index (κ1) is 18.5. The van der Waals surface area contributed by atoms with E-state index in [-0.39, 0.29) is 11.9 Å². The van der Waals surface area contributed by atoms with Crippen molar-refractivity contribution in [1.82, 2.24) is 0 Å². The van der Waals surface area contributed by atoms with Crippen LogP contribution in [0.4, 0.5) is 10.5 Å². The van der Waals surface area contributed by atoms with Crippen LogP contribution in [0.3, 0.4) is 0 Å². The monoisotopic (exact) mass is 385 g/mol. The van der Waals surface area contributed by atoms with Crippen LogP contribution in [0.1, 0.15) is 15.9 Å². The smallest absolute Gasteiger partial charge is 0.414 e. The average molecular weight is 385 g/mol. The van der Waals surface area contributed by atoms with Gasteiger partial charge in [-0.05, 0) is 48.0 Å². The van der Waals surface area contributed by atoms with E-state index < -0.39 is 0 Å². The van der Waals surface area contributed by atoms with Gasteiger partial charge < -0.3 is 9.47 Å². The molecule has 3 aromatic carbocycles. The van der Waals surface area contributed by atoms with Crippen molar-refractivity contribution in [3.05, 3.63) is 96.1 Å². The normalized spacial score (nSPS) is 13.5. The van der Waals surface area contributed by atoms with Crippen LogP contribution in [0, 0.1) is 0 Å². The second kappa shape index (κ2) is 8.44. The van der Waals surface area contributed by atoms with Crippen molar-refractivity contribution in [3.63, 3.8) is 0 Å². The Kier molecular flexibility index (Phi) is 5.38. The second-order valence-corrected chi connectivity index (χ2v) is 6.50. The second-order valence-electron chi connectivity index (χ2n) is 6.50. The van der Waals surface area contributed by atoms with E-state index in [0.717, 1.165) is 11.3 Å². The Morgan fingerprint density at radius 2 is 1.72 bits per heavy atom. The predicted molar refractivity (Wildman–Crippen MR) is 111 cm³/mol. The molecule has 0 spiro atoms. The molecule has 4 rings (SSSR count). The van der Waals surface area contributed by atoms with E-state index in [2.05, 4.69) is 0 Å². The quantitative estimate of drug-likeness (QED) is 0.425. The fourth-order valence-corrected chi connectivity index (χ4v) is 3.03. The summed E-state index contributed by atoms with van der Waals surface area (Å²) in [6.07, 6.45) is 2.88. The zero-order valence-electron chi connectivity index (χ0n) is 15.7. The molecule has 1 amide bonds. The lowest BCUT2D eigenvalue weighted by atomic mass is 10.1. The van der Waals surface area contributed by atoms with E-state index in [4.69, 9.17) is 9.47 Å². The minimum Gasteiger partial charge on any atom is -0.457 e. The molecule has 0 N–H and O–H groups in total. The van der Waals surface area contributed by atoms with Crippen LogP contribution in [0.5, 0.6) is 11.5 Å². The van der Waals surface area contributed by atoms with Gasteiger partial charge in [0.1, 0.15) is 18.1 Å². The molecule has 0 saturated carbocycles. The number of hydrogen-bond acceptors (Lipinski definition) is 4. The van der Waals surface area contributed by atoms with Gasteiger partial charge in [-0.15, -0.1) is 0 Å². The number of ketones is 1. The number of ether oxygens (including phenoxy) is 2. The van der Waals surface area contributed by atoms with Crippen LogP contribution < -0.4 is 9.64 Å². The number of cyclic esters (lactones) is 1. The third kappa shape index (κ3) is 4.52. The SMILES string of the molecule is O=C(C=Cc1cccc(Oc2ccccc2)c1)c1cccc(N2CCOC2=O)c1. The van der Waals surface area contributed by atoms with Crippen molar-refractivity contribution >= 4 is 23.6 Å². The highest BCUT2D eigenvalue weighted by Gasteiger charge is 2.23. The summed E-state index contributed by atoms with van der Waals surface area (Å²) in [5.74, 6) is 1.30. The third-order valence-electron chi connectivity index (χ3n) is 4.47. The zero-order valence-corrected chi connectivity index (χ0v) is 15.7. The molecule has 1 saturated heterocycles. The van der Waals surface area contributed by atoms with Crippen molar-refractivity contribution in [2.75, 3.05) is 18.1 Å². The number of para-hydroxylation sites is 1. The maximum absolute atomic E-state index is 12.6. The van der Waals surface area contributed by atoms with Gasteiger partial charge in [-0.2, -0.15) is 0 Å². The molecule has 1 heterocycles. The summed E-state index contributed by atoms with van der Waals surface area (Å²) in [7, 11) is 0. The van der Waals surface area contributed by atoms with E-state index in [9.17, 15) is 9.59 Å². The van der Waals surface area contributed by atoms with Crippen molar-refractivity contribution in [2.45, 2.75) is 0 Å². The molecule has 29 heavy (non-hydrogen) atoms. The molecule has 5 heteroatoms. The Morgan fingerprint density at radius 3 is 2.52 bits per heavy atom. The van der Waals surface area contributed by atoms with Gasteiger partial charge in [0.2, 0.25) is 0 Å². The highest BCUT2D eigenvalue weighted by Crippen LogP contribution is 2.23. The van der Waals surface area contributed by atoms with Gasteiger partial charge in [0.25, 0.3) is 0 Å². The van der Waals surface area contributed by atoms with Crippen LogP contribution in [0.25, 0.3) is 6.08 Å². The first-order valence-corrected chi connectivity index (χ1v) is 9.29. The zero-order chi connectivity index (χ0) is 20.1. The van der Waals surface area contributed by atoms with E-state index in [1.165, 1.54) is 11.0 Å². The van der Waals surface area contributed by atoms with Gasteiger partial charge >= 0.3 is 6.09 Å². The fourth-order valence-electron chi connectivity index (χ4n) is 3.03. The van der Waals surface area contributed by atoms with E-state index in [1.807, 2.05) is 54.6 Å². The maximum atomic E-state index is 12.6. The summed E-state index contributed by atoms with van der Waals surface area (Å²) < 4.78 is 10.8. The van der Waals surface area contributed by atoms with Gasteiger partial charge in [0, 0.05) is 11.3 Å². The lowest BCUT2D eigenvalue weighted by Crippen LogP contribution is -2.23. The van der Waals surface area contributed by atoms with Crippen LogP contribution in [-0.4, -0.2) is 25.0 Å². The molecule has 1 fully saturated rings. The minimum atomic E-state index is -0.389. The van der Waals surface area contributed by atoms with Crippen LogP contribution in [0.15, 0.2) is 84.9 Å². The van der Waals surface area contributed by atoms with Crippen LogP contribution in [-0.2, 0) is 4.74 Å². The molecule has 0 aliphatic carbocycles. The predicted octanol–water partition coefficient (Wildman–Crippen LogP) is 5.33. The molecule has 3 aromatic rings.